The molecule has 6 nitrogen and oxygen atoms in total. The Labute approximate surface area is 128 Å². The van der Waals surface area contributed by atoms with E-state index in [2.05, 4.69) is 10.6 Å². The van der Waals surface area contributed by atoms with Crippen LogP contribution in [-0.4, -0.2) is 31.0 Å². The maximum absolute atomic E-state index is 11.8. The van der Waals surface area contributed by atoms with Crippen molar-refractivity contribution in [1.82, 2.24) is 0 Å². The first kappa shape index (κ1) is 15.4. The van der Waals surface area contributed by atoms with E-state index in [-0.39, 0.29) is 5.75 Å². The van der Waals surface area contributed by atoms with Crippen molar-refractivity contribution < 1.29 is 14.7 Å². The number of aromatic hydroxyl groups is 1. The van der Waals surface area contributed by atoms with Crippen LogP contribution < -0.4 is 15.5 Å². The number of carbonyl (C=O) groups excluding carboxylic acids is 2. The van der Waals surface area contributed by atoms with Crippen LogP contribution in [0.3, 0.4) is 0 Å². The minimum atomic E-state index is -0.776. The van der Waals surface area contributed by atoms with Crippen LogP contribution in [0.5, 0.6) is 5.75 Å². The highest BCUT2D eigenvalue weighted by Crippen LogP contribution is 2.16. The Morgan fingerprint density at radius 3 is 1.64 bits per heavy atom. The maximum atomic E-state index is 11.8. The molecule has 2 rings (SSSR count). The van der Waals surface area contributed by atoms with Gasteiger partial charge in [-0.15, -0.1) is 0 Å². The average Bonchev–Trinajstić information content (AvgIpc) is 2.50. The number of nitrogens with one attached hydrogen (secondary N) is 2. The van der Waals surface area contributed by atoms with Crippen LogP contribution >= 0.6 is 0 Å². The summed E-state index contributed by atoms with van der Waals surface area (Å²) in [5.74, 6) is -1.45. The van der Waals surface area contributed by atoms with E-state index in [9.17, 15) is 9.59 Å². The van der Waals surface area contributed by atoms with Crippen LogP contribution in [0.2, 0.25) is 0 Å². The number of phenols is 1. The standard InChI is InChI=1S/C16H17N3O3/c1-19(2)13-7-3-11(4-8-13)17-15(21)16(22)18-12-5-9-14(20)10-6-12/h3-10,20H,1-2H3,(H,17,21)(H,18,22). The second-order valence-electron chi connectivity index (χ2n) is 4.90. The van der Waals surface area contributed by atoms with E-state index in [1.165, 1.54) is 24.3 Å². The quantitative estimate of drug-likeness (QED) is 0.598. The van der Waals surface area contributed by atoms with Crippen molar-refractivity contribution in [3.8, 4) is 5.75 Å². The topological polar surface area (TPSA) is 81.7 Å². The minimum absolute atomic E-state index is 0.0865. The summed E-state index contributed by atoms with van der Waals surface area (Å²) < 4.78 is 0. The molecular formula is C16H17N3O3. The molecule has 0 aliphatic rings. The van der Waals surface area contributed by atoms with E-state index >= 15 is 0 Å². The van der Waals surface area contributed by atoms with Gasteiger partial charge in [0.1, 0.15) is 5.75 Å². The largest absolute Gasteiger partial charge is 0.508 e. The van der Waals surface area contributed by atoms with Gasteiger partial charge >= 0.3 is 11.8 Å². The summed E-state index contributed by atoms with van der Waals surface area (Å²) in [5.41, 5.74) is 1.96. The molecule has 0 atom stereocenters. The highest BCUT2D eigenvalue weighted by molar-refractivity contribution is 6.43. The highest BCUT2D eigenvalue weighted by atomic mass is 16.3. The predicted octanol–water partition coefficient (Wildman–Crippen LogP) is 2.04. The molecule has 3 N–H and O–H groups in total. The number of amides is 2. The summed E-state index contributed by atoms with van der Waals surface area (Å²) in [5, 5.41) is 14.1. The Balaban J connectivity index is 1.96. The molecule has 0 saturated carbocycles. The third-order valence-electron chi connectivity index (χ3n) is 2.97. The minimum Gasteiger partial charge on any atom is -0.508 e. The van der Waals surface area contributed by atoms with E-state index in [1.54, 1.807) is 12.1 Å². The zero-order valence-electron chi connectivity index (χ0n) is 12.3. The molecule has 2 aromatic carbocycles. The Kier molecular flexibility index (Phi) is 4.63. The van der Waals surface area contributed by atoms with Crippen molar-refractivity contribution >= 4 is 28.9 Å². The summed E-state index contributed by atoms with van der Waals surface area (Å²) in [7, 11) is 3.83. The molecule has 2 aromatic rings. The molecule has 0 heterocycles. The third-order valence-corrected chi connectivity index (χ3v) is 2.97. The van der Waals surface area contributed by atoms with Crippen LogP contribution in [0.15, 0.2) is 48.5 Å². The monoisotopic (exact) mass is 299 g/mol. The number of hydrogen-bond donors (Lipinski definition) is 3. The Morgan fingerprint density at radius 2 is 1.23 bits per heavy atom. The Hall–Kier alpha value is -3.02. The molecule has 0 unspecified atom stereocenters. The van der Waals surface area contributed by atoms with Crippen molar-refractivity contribution in [2.75, 3.05) is 29.6 Å². The van der Waals surface area contributed by atoms with Crippen molar-refractivity contribution in [2.45, 2.75) is 0 Å². The van der Waals surface area contributed by atoms with E-state index in [1.807, 2.05) is 31.1 Å². The molecule has 2 amide bonds. The summed E-state index contributed by atoms with van der Waals surface area (Å²) in [6, 6.07) is 13.0. The molecule has 22 heavy (non-hydrogen) atoms. The molecule has 0 fully saturated rings. The van der Waals surface area contributed by atoms with Crippen LogP contribution in [-0.2, 0) is 9.59 Å². The first-order valence-electron chi connectivity index (χ1n) is 6.64. The van der Waals surface area contributed by atoms with Gasteiger partial charge in [-0.25, -0.2) is 0 Å². The maximum Gasteiger partial charge on any atom is 0.314 e. The number of rotatable bonds is 3. The second kappa shape index (κ2) is 6.62. The van der Waals surface area contributed by atoms with Gasteiger partial charge < -0.3 is 20.6 Å². The summed E-state index contributed by atoms with van der Waals surface area (Å²) in [6.07, 6.45) is 0. The van der Waals surface area contributed by atoms with Gasteiger partial charge in [-0.3, -0.25) is 9.59 Å². The number of hydrogen-bond acceptors (Lipinski definition) is 4. The van der Waals surface area contributed by atoms with Crippen molar-refractivity contribution in [2.24, 2.45) is 0 Å². The lowest BCUT2D eigenvalue weighted by Gasteiger charge is -2.13. The molecule has 0 saturated heterocycles. The fraction of sp³-hybridized carbons (Fsp3) is 0.125. The van der Waals surface area contributed by atoms with Gasteiger partial charge in [0.2, 0.25) is 0 Å². The van der Waals surface area contributed by atoms with E-state index in [4.69, 9.17) is 5.11 Å². The van der Waals surface area contributed by atoms with Gasteiger partial charge in [-0.05, 0) is 48.5 Å². The number of nitrogens with zero attached hydrogens (tertiary/aromatic N) is 1. The molecule has 114 valence electrons. The smallest absolute Gasteiger partial charge is 0.314 e. The average molecular weight is 299 g/mol. The fourth-order valence-electron chi connectivity index (χ4n) is 1.76. The number of anilines is 3. The Morgan fingerprint density at radius 1 is 0.818 bits per heavy atom. The third kappa shape index (κ3) is 3.99. The van der Waals surface area contributed by atoms with E-state index in [0.717, 1.165) is 5.69 Å². The van der Waals surface area contributed by atoms with Crippen molar-refractivity contribution in [3.05, 3.63) is 48.5 Å². The van der Waals surface area contributed by atoms with Crippen LogP contribution in [0.25, 0.3) is 0 Å². The summed E-state index contributed by atoms with van der Waals surface area (Å²) >= 11 is 0. The van der Waals surface area contributed by atoms with Gasteiger partial charge in [-0.2, -0.15) is 0 Å². The van der Waals surface area contributed by atoms with Crippen LogP contribution in [0.4, 0.5) is 17.1 Å². The molecule has 0 radical (unpaired) electrons. The van der Waals surface area contributed by atoms with Crippen molar-refractivity contribution in [1.29, 1.82) is 0 Å². The molecule has 0 aliphatic carbocycles. The summed E-state index contributed by atoms with van der Waals surface area (Å²) in [6.45, 7) is 0. The second-order valence-corrected chi connectivity index (χ2v) is 4.90. The molecule has 0 spiro atoms. The lowest BCUT2D eigenvalue weighted by atomic mass is 10.2. The van der Waals surface area contributed by atoms with E-state index < -0.39 is 11.8 Å². The van der Waals surface area contributed by atoms with Crippen molar-refractivity contribution in [3.63, 3.8) is 0 Å². The zero-order valence-corrected chi connectivity index (χ0v) is 12.3. The molecule has 0 bridgehead atoms. The highest BCUT2D eigenvalue weighted by Gasteiger charge is 2.14. The van der Waals surface area contributed by atoms with Crippen LogP contribution in [0, 0.1) is 0 Å². The SMILES string of the molecule is CN(C)c1ccc(NC(=O)C(=O)Nc2ccc(O)cc2)cc1. The van der Waals surface area contributed by atoms with Gasteiger partial charge in [0.25, 0.3) is 0 Å². The lowest BCUT2D eigenvalue weighted by Crippen LogP contribution is -2.29. The fourth-order valence-corrected chi connectivity index (χ4v) is 1.76. The van der Waals surface area contributed by atoms with E-state index in [0.29, 0.717) is 11.4 Å². The molecular weight excluding hydrogens is 282 g/mol. The summed E-state index contributed by atoms with van der Waals surface area (Å²) in [4.78, 5) is 25.5. The van der Waals surface area contributed by atoms with Gasteiger partial charge in [-0.1, -0.05) is 0 Å². The normalized spacial score (nSPS) is 9.91. The van der Waals surface area contributed by atoms with Gasteiger partial charge in [0.15, 0.2) is 0 Å². The Bertz CT molecular complexity index is 664. The molecule has 0 aromatic heterocycles. The lowest BCUT2D eigenvalue weighted by molar-refractivity contribution is -0.132. The van der Waals surface area contributed by atoms with Gasteiger partial charge in [0, 0.05) is 31.2 Å². The molecule has 0 aliphatic heterocycles. The first-order valence-corrected chi connectivity index (χ1v) is 6.64. The zero-order chi connectivity index (χ0) is 16.1. The molecule has 6 heteroatoms. The number of benzene rings is 2. The first-order chi connectivity index (χ1) is 10.5. The van der Waals surface area contributed by atoms with Gasteiger partial charge in [0.05, 0.1) is 0 Å². The van der Waals surface area contributed by atoms with Crippen LogP contribution in [0.1, 0.15) is 0 Å². The predicted molar refractivity (Wildman–Crippen MR) is 86.1 cm³/mol. The number of phenolic OH excluding ortho intramolecular Hbond substituents is 1. The number of carbonyl (C=O) groups is 2.